The van der Waals surface area contributed by atoms with Crippen LogP contribution in [0.1, 0.15) is 5.56 Å². The molecule has 0 fully saturated rings. The Hall–Kier alpha value is -2.88. The lowest BCUT2D eigenvalue weighted by Gasteiger charge is -2.17. The van der Waals surface area contributed by atoms with Gasteiger partial charge in [0.2, 0.25) is 17.8 Å². The highest BCUT2D eigenvalue weighted by Gasteiger charge is 2.18. The summed E-state index contributed by atoms with van der Waals surface area (Å²) in [6.07, 6.45) is 0. The molecule has 1 N–H and O–H groups in total. The first-order chi connectivity index (χ1) is 12.8. The number of thioether (sulfide) groups is 1. The number of aryl methyl sites for hydroxylation is 1. The maximum atomic E-state index is 12.3. The molecule has 10 heteroatoms. The van der Waals surface area contributed by atoms with Crippen molar-refractivity contribution in [2.45, 2.75) is 12.1 Å². The number of nitrogens with zero attached hydrogens (tertiary/aromatic N) is 7. The zero-order valence-corrected chi connectivity index (χ0v) is 16.8. The zero-order chi connectivity index (χ0) is 19.6. The van der Waals surface area contributed by atoms with Crippen molar-refractivity contribution in [2.24, 2.45) is 0 Å². The van der Waals surface area contributed by atoms with E-state index < -0.39 is 0 Å². The van der Waals surface area contributed by atoms with Crippen molar-refractivity contribution in [2.75, 3.05) is 49.1 Å². The number of carbonyl (C=O) groups is 1. The van der Waals surface area contributed by atoms with E-state index in [4.69, 9.17) is 0 Å². The second-order valence-corrected chi connectivity index (χ2v) is 7.38. The van der Waals surface area contributed by atoms with Gasteiger partial charge in [0, 0.05) is 33.9 Å². The molecular formula is C17H22N8OS. The van der Waals surface area contributed by atoms with Crippen LogP contribution in [-0.4, -0.2) is 64.4 Å². The first-order valence-corrected chi connectivity index (χ1v) is 9.31. The van der Waals surface area contributed by atoms with E-state index >= 15 is 0 Å². The number of aromatic nitrogens is 5. The number of hydrogen-bond donors (Lipinski definition) is 1. The fraction of sp³-hybridized carbons (Fsp3) is 0.353. The minimum Gasteiger partial charge on any atom is -0.348 e. The maximum Gasteiger partial charge on any atom is 0.261 e. The van der Waals surface area contributed by atoms with Crippen LogP contribution in [0, 0.1) is 6.92 Å². The average Bonchev–Trinajstić information content (AvgIpc) is 3.02. The van der Waals surface area contributed by atoms with E-state index in [1.54, 1.807) is 4.40 Å². The highest BCUT2D eigenvalue weighted by molar-refractivity contribution is 7.99. The van der Waals surface area contributed by atoms with Crippen molar-refractivity contribution in [3.8, 4) is 0 Å². The quantitative estimate of drug-likeness (QED) is 0.640. The van der Waals surface area contributed by atoms with Gasteiger partial charge in [-0.3, -0.25) is 4.79 Å². The van der Waals surface area contributed by atoms with Crippen LogP contribution in [0.2, 0.25) is 0 Å². The fourth-order valence-corrected chi connectivity index (χ4v) is 3.13. The number of benzene rings is 1. The maximum absolute atomic E-state index is 12.3. The van der Waals surface area contributed by atoms with Gasteiger partial charge in [-0.15, -0.1) is 10.2 Å². The van der Waals surface area contributed by atoms with Gasteiger partial charge in [-0.1, -0.05) is 23.9 Å². The lowest BCUT2D eigenvalue weighted by atomic mass is 10.2. The average molecular weight is 386 g/mol. The second-order valence-electron chi connectivity index (χ2n) is 6.44. The summed E-state index contributed by atoms with van der Waals surface area (Å²) in [6, 6.07) is 7.68. The summed E-state index contributed by atoms with van der Waals surface area (Å²) in [5.41, 5.74) is 1.87. The Balaban J connectivity index is 1.80. The van der Waals surface area contributed by atoms with Crippen LogP contribution in [0.3, 0.4) is 0 Å². The highest BCUT2D eigenvalue weighted by Crippen LogP contribution is 2.23. The summed E-state index contributed by atoms with van der Waals surface area (Å²) in [4.78, 5) is 24.9. The number of carbonyl (C=O) groups excluding carboxylic acids is 1. The van der Waals surface area contributed by atoms with Crippen LogP contribution in [0.4, 0.5) is 17.6 Å². The Morgan fingerprint density at radius 2 is 1.93 bits per heavy atom. The summed E-state index contributed by atoms with van der Waals surface area (Å²) >= 11 is 1.29. The first-order valence-electron chi connectivity index (χ1n) is 8.32. The molecule has 1 aromatic carbocycles. The molecule has 142 valence electrons. The number of hydrogen-bond acceptors (Lipinski definition) is 8. The fourth-order valence-electron chi connectivity index (χ4n) is 2.41. The molecule has 3 aromatic rings. The smallest absolute Gasteiger partial charge is 0.261 e. The summed E-state index contributed by atoms with van der Waals surface area (Å²) < 4.78 is 1.75. The largest absolute Gasteiger partial charge is 0.348 e. The standard InChI is InChI=1S/C17H22N8OS/c1-11-7-6-8-12(9-11)18-13(26)10-27-17-22-21-15-19-14(23(2)3)20-16(24(4)5)25(15)17/h6-9H,10H2,1-5H3,(H,18,26). The SMILES string of the molecule is Cc1cccc(NC(=O)CSc2nnc3nc(N(C)C)nc(N(C)C)n23)c1. The molecule has 27 heavy (non-hydrogen) atoms. The van der Waals surface area contributed by atoms with E-state index in [2.05, 4.69) is 25.5 Å². The summed E-state index contributed by atoms with van der Waals surface area (Å²) in [7, 11) is 7.51. The first kappa shape index (κ1) is 18.9. The molecule has 0 spiro atoms. The molecule has 0 aliphatic rings. The van der Waals surface area contributed by atoms with Gasteiger partial charge in [0.05, 0.1) is 5.75 Å². The van der Waals surface area contributed by atoms with E-state index in [1.165, 1.54) is 11.8 Å². The summed E-state index contributed by atoms with van der Waals surface area (Å²) in [5.74, 6) is 1.73. The predicted octanol–water partition coefficient (Wildman–Crippen LogP) is 1.69. The molecule has 2 aromatic heterocycles. The minimum absolute atomic E-state index is 0.111. The Morgan fingerprint density at radius 1 is 1.15 bits per heavy atom. The molecule has 1 amide bonds. The lowest BCUT2D eigenvalue weighted by molar-refractivity contribution is -0.113. The molecule has 0 saturated carbocycles. The number of nitrogens with one attached hydrogen (secondary N) is 1. The molecule has 3 rings (SSSR count). The Labute approximate surface area is 161 Å². The van der Waals surface area contributed by atoms with Crippen LogP contribution < -0.4 is 15.1 Å². The van der Waals surface area contributed by atoms with Crippen molar-refractivity contribution >= 4 is 41.0 Å². The monoisotopic (exact) mass is 386 g/mol. The number of anilines is 3. The Kier molecular flexibility index (Phi) is 5.45. The molecule has 0 unspecified atom stereocenters. The molecule has 0 aliphatic carbocycles. The molecule has 0 bridgehead atoms. The van der Waals surface area contributed by atoms with Gasteiger partial charge in [-0.2, -0.15) is 9.97 Å². The van der Waals surface area contributed by atoms with Gasteiger partial charge in [-0.25, -0.2) is 4.40 Å². The van der Waals surface area contributed by atoms with Crippen LogP contribution in [-0.2, 0) is 4.79 Å². The molecular weight excluding hydrogens is 364 g/mol. The number of fused-ring (bicyclic) bond motifs is 1. The second kappa shape index (κ2) is 7.78. The van der Waals surface area contributed by atoms with Crippen LogP contribution >= 0.6 is 11.8 Å². The Bertz CT molecular complexity index is 969. The van der Waals surface area contributed by atoms with Crippen molar-refractivity contribution in [3.05, 3.63) is 29.8 Å². The van der Waals surface area contributed by atoms with Crippen molar-refractivity contribution in [1.82, 2.24) is 24.6 Å². The topological polar surface area (TPSA) is 91.5 Å². The van der Waals surface area contributed by atoms with E-state index in [-0.39, 0.29) is 11.7 Å². The Morgan fingerprint density at radius 3 is 2.59 bits per heavy atom. The molecule has 0 aliphatic heterocycles. The third-order valence-electron chi connectivity index (χ3n) is 3.65. The normalized spacial score (nSPS) is 10.9. The van der Waals surface area contributed by atoms with Gasteiger partial charge in [0.1, 0.15) is 0 Å². The van der Waals surface area contributed by atoms with E-state index in [0.29, 0.717) is 22.8 Å². The molecule has 0 radical (unpaired) electrons. The van der Waals surface area contributed by atoms with Gasteiger partial charge in [0.15, 0.2) is 5.16 Å². The van der Waals surface area contributed by atoms with Crippen molar-refractivity contribution in [1.29, 1.82) is 0 Å². The van der Waals surface area contributed by atoms with Gasteiger partial charge in [0.25, 0.3) is 5.78 Å². The number of amides is 1. The lowest BCUT2D eigenvalue weighted by Crippen LogP contribution is -2.20. The molecule has 0 atom stereocenters. The van der Waals surface area contributed by atoms with Gasteiger partial charge in [-0.05, 0) is 24.6 Å². The van der Waals surface area contributed by atoms with Crippen LogP contribution in [0.25, 0.3) is 5.78 Å². The molecule has 2 heterocycles. The van der Waals surface area contributed by atoms with E-state index in [0.717, 1.165) is 11.3 Å². The van der Waals surface area contributed by atoms with Gasteiger partial charge >= 0.3 is 0 Å². The van der Waals surface area contributed by atoms with Crippen molar-refractivity contribution < 1.29 is 4.79 Å². The highest BCUT2D eigenvalue weighted by atomic mass is 32.2. The zero-order valence-electron chi connectivity index (χ0n) is 16.0. The summed E-state index contributed by atoms with van der Waals surface area (Å²) in [5, 5.41) is 11.8. The third-order valence-corrected chi connectivity index (χ3v) is 4.58. The number of rotatable bonds is 6. The minimum atomic E-state index is -0.111. The summed E-state index contributed by atoms with van der Waals surface area (Å²) in [6.45, 7) is 1.98. The molecule has 9 nitrogen and oxygen atoms in total. The van der Waals surface area contributed by atoms with Gasteiger partial charge < -0.3 is 15.1 Å². The molecule has 0 saturated heterocycles. The predicted molar refractivity (Wildman–Crippen MR) is 108 cm³/mol. The van der Waals surface area contributed by atoms with E-state index in [9.17, 15) is 4.79 Å². The van der Waals surface area contributed by atoms with E-state index in [1.807, 2.05) is 69.2 Å². The van der Waals surface area contributed by atoms with Crippen molar-refractivity contribution in [3.63, 3.8) is 0 Å². The van der Waals surface area contributed by atoms with Crippen LogP contribution in [0.15, 0.2) is 29.4 Å². The van der Waals surface area contributed by atoms with Crippen LogP contribution in [0.5, 0.6) is 0 Å². The third kappa shape index (κ3) is 4.27.